The van der Waals surface area contributed by atoms with E-state index in [0.29, 0.717) is 11.1 Å². The van der Waals surface area contributed by atoms with Gasteiger partial charge in [0.1, 0.15) is 5.82 Å². The molecule has 1 N–H and O–H groups in total. The maximum absolute atomic E-state index is 13.1. The molecule has 0 saturated heterocycles. The molecule has 0 aliphatic rings. The maximum Gasteiger partial charge on any atom is 0.252 e. The Hall–Kier alpha value is -2.16. The molecule has 2 nitrogen and oxygen atoms in total. The lowest BCUT2D eigenvalue weighted by Gasteiger charge is -2.16. The first-order valence-corrected chi connectivity index (χ1v) is 7.17. The van der Waals surface area contributed by atoms with Crippen LogP contribution in [0, 0.1) is 12.7 Å². The minimum absolute atomic E-state index is 0.0899. The van der Waals surface area contributed by atoms with Crippen LogP contribution in [0.25, 0.3) is 0 Å². The Balaban J connectivity index is 2.10. The zero-order chi connectivity index (χ0) is 15.4. The van der Waals surface area contributed by atoms with Gasteiger partial charge >= 0.3 is 0 Å². The second-order valence-electron chi connectivity index (χ2n) is 5.25. The first kappa shape index (κ1) is 15.2. The van der Waals surface area contributed by atoms with E-state index in [4.69, 9.17) is 0 Å². The SMILES string of the molecule is CCc1ccc(C(C)NC(=O)c2ccc(F)cc2C)cc1. The van der Waals surface area contributed by atoms with Crippen molar-refractivity contribution in [1.82, 2.24) is 5.32 Å². The molecule has 0 bridgehead atoms. The molecule has 0 spiro atoms. The van der Waals surface area contributed by atoms with Gasteiger partial charge in [0.2, 0.25) is 0 Å². The standard InChI is InChI=1S/C18H20FNO/c1-4-14-5-7-15(8-6-14)13(3)20-18(21)17-10-9-16(19)11-12(17)2/h5-11,13H,4H2,1-3H3,(H,20,21). The van der Waals surface area contributed by atoms with Gasteiger partial charge < -0.3 is 5.32 Å². The monoisotopic (exact) mass is 285 g/mol. The van der Waals surface area contributed by atoms with Crippen molar-refractivity contribution in [3.05, 3.63) is 70.5 Å². The third-order valence-electron chi connectivity index (χ3n) is 3.67. The van der Waals surface area contributed by atoms with Crippen molar-refractivity contribution in [1.29, 1.82) is 0 Å². The van der Waals surface area contributed by atoms with E-state index in [0.717, 1.165) is 12.0 Å². The van der Waals surface area contributed by atoms with Gasteiger partial charge in [-0.1, -0.05) is 31.2 Å². The molecular formula is C18H20FNO. The van der Waals surface area contributed by atoms with Crippen LogP contribution in [0.1, 0.15) is 46.9 Å². The van der Waals surface area contributed by atoms with E-state index in [1.165, 1.54) is 23.8 Å². The Bertz CT molecular complexity index is 634. The molecule has 2 rings (SSSR count). The number of benzene rings is 2. The number of carbonyl (C=O) groups excluding carboxylic acids is 1. The highest BCUT2D eigenvalue weighted by molar-refractivity contribution is 5.95. The molecule has 0 saturated carbocycles. The van der Waals surface area contributed by atoms with E-state index in [-0.39, 0.29) is 17.8 Å². The van der Waals surface area contributed by atoms with Gasteiger partial charge in [-0.3, -0.25) is 4.79 Å². The van der Waals surface area contributed by atoms with Crippen molar-refractivity contribution in [2.24, 2.45) is 0 Å². The summed E-state index contributed by atoms with van der Waals surface area (Å²) in [6.07, 6.45) is 0.996. The molecule has 3 heteroatoms. The quantitative estimate of drug-likeness (QED) is 0.896. The van der Waals surface area contributed by atoms with Gasteiger partial charge in [0, 0.05) is 5.56 Å². The van der Waals surface area contributed by atoms with E-state index in [1.54, 1.807) is 6.92 Å². The summed E-state index contributed by atoms with van der Waals surface area (Å²) in [6.45, 7) is 5.79. The van der Waals surface area contributed by atoms with E-state index >= 15 is 0 Å². The number of aryl methyl sites for hydroxylation is 2. The van der Waals surface area contributed by atoms with E-state index in [9.17, 15) is 9.18 Å². The lowest BCUT2D eigenvalue weighted by atomic mass is 10.0. The highest BCUT2D eigenvalue weighted by Gasteiger charge is 2.13. The Morgan fingerprint density at radius 3 is 2.43 bits per heavy atom. The predicted molar refractivity (Wildman–Crippen MR) is 82.8 cm³/mol. The second-order valence-corrected chi connectivity index (χ2v) is 5.25. The number of nitrogens with one attached hydrogen (secondary N) is 1. The Labute approximate surface area is 125 Å². The lowest BCUT2D eigenvalue weighted by molar-refractivity contribution is 0.0939. The predicted octanol–water partition coefficient (Wildman–Crippen LogP) is 4.19. The molecule has 0 aromatic heterocycles. The van der Waals surface area contributed by atoms with Crippen LogP contribution in [-0.4, -0.2) is 5.91 Å². The molecule has 0 heterocycles. The number of halogens is 1. The normalized spacial score (nSPS) is 12.0. The highest BCUT2D eigenvalue weighted by Crippen LogP contribution is 2.16. The van der Waals surface area contributed by atoms with E-state index in [2.05, 4.69) is 24.4 Å². The van der Waals surface area contributed by atoms with Crippen LogP contribution in [0.4, 0.5) is 4.39 Å². The summed E-state index contributed by atoms with van der Waals surface area (Å²) in [5.74, 6) is -0.508. The van der Waals surface area contributed by atoms with Crippen LogP contribution in [0.2, 0.25) is 0 Å². The first-order chi connectivity index (χ1) is 10.0. The largest absolute Gasteiger partial charge is 0.346 e. The van der Waals surface area contributed by atoms with E-state index in [1.807, 2.05) is 19.1 Å². The molecule has 110 valence electrons. The van der Waals surface area contributed by atoms with Crippen molar-refractivity contribution in [2.75, 3.05) is 0 Å². The number of carbonyl (C=O) groups is 1. The number of amides is 1. The first-order valence-electron chi connectivity index (χ1n) is 7.17. The Kier molecular flexibility index (Phi) is 4.73. The average Bonchev–Trinajstić information content (AvgIpc) is 2.47. The van der Waals surface area contributed by atoms with Crippen LogP contribution >= 0.6 is 0 Å². The van der Waals surface area contributed by atoms with Crippen molar-refractivity contribution < 1.29 is 9.18 Å². The molecule has 0 aliphatic heterocycles. The number of hydrogen-bond donors (Lipinski definition) is 1. The number of hydrogen-bond acceptors (Lipinski definition) is 1. The molecule has 0 radical (unpaired) electrons. The molecule has 2 aromatic carbocycles. The molecule has 0 aliphatic carbocycles. The zero-order valence-electron chi connectivity index (χ0n) is 12.6. The van der Waals surface area contributed by atoms with Crippen molar-refractivity contribution in [3.8, 4) is 0 Å². The summed E-state index contributed by atoms with van der Waals surface area (Å²) in [6, 6.07) is 12.3. The van der Waals surface area contributed by atoms with Crippen molar-refractivity contribution in [2.45, 2.75) is 33.2 Å². The highest BCUT2D eigenvalue weighted by atomic mass is 19.1. The minimum Gasteiger partial charge on any atom is -0.346 e. The molecule has 21 heavy (non-hydrogen) atoms. The van der Waals surface area contributed by atoms with Crippen LogP contribution in [-0.2, 0) is 6.42 Å². The topological polar surface area (TPSA) is 29.1 Å². The van der Waals surface area contributed by atoms with Gasteiger partial charge in [-0.25, -0.2) is 4.39 Å². The van der Waals surface area contributed by atoms with Crippen molar-refractivity contribution in [3.63, 3.8) is 0 Å². The fraction of sp³-hybridized carbons (Fsp3) is 0.278. The zero-order valence-corrected chi connectivity index (χ0v) is 12.6. The smallest absolute Gasteiger partial charge is 0.252 e. The van der Waals surface area contributed by atoms with Gasteiger partial charge in [-0.2, -0.15) is 0 Å². The van der Waals surface area contributed by atoms with Crippen LogP contribution in [0.15, 0.2) is 42.5 Å². The molecule has 1 atom stereocenters. The summed E-state index contributed by atoms with van der Waals surface area (Å²) in [5.41, 5.74) is 3.47. The third-order valence-corrected chi connectivity index (χ3v) is 3.67. The summed E-state index contributed by atoms with van der Waals surface area (Å²) >= 11 is 0. The molecular weight excluding hydrogens is 265 g/mol. The molecule has 1 unspecified atom stereocenters. The lowest BCUT2D eigenvalue weighted by Crippen LogP contribution is -2.27. The van der Waals surface area contributed by atoms with Gasteiger partial charge in [-0.15, -0.1) is 0 Å². The van der Waals surface area contributed by atoms with Crippen molar-refractivity contribution >= 4 is 5.91 Å². The average molecular weight is 285 g/mol. The van der Waals surface area contributed by atoms with Crippen LogP contribution < -0.4 is 5.32 Å². The van der Waals surface area contributed by atoms with Crippen LogP contribution in [0.5, 0.6) is 0 Å². The molecule has 0 fully saturated rings. The van der Waals surface area contributed by atoms with Gasteiger partial charge in [0.25, 0.3) is 5.91 Å². The fourth-order valence-corrected chi connectivity index (χ4v) is 2.28. The molecule has 1 amide bonds. The fourth-order valence-electron chi connectivity index (χ4n) is 2.28. The summed E-state index contributed by atoms with van der Waals surface area (Å²) < 4.78 is 13.1. The maximum atomic E-state index is 13.1. The minimum atomic E-state index is -0.327. The Morgan fingerprint density at radius 2 is 1.86 bits per heavy atom. The van der Waals surface area contributed by atoms with Gasteiger partial charge in [0.15, 0.2) is 0 Å². The Morgan fingerprint density at radius 1 is 1.19 bits per heavy atom. The van der Waals surface area contributed by atoms with Gasteiger partial charge in [0.05, 0.1) is 6.04 Å². The van der Waals surface area contributed by atoms with E-state index < -0.39 is 0 Å². The summed E-state index contributed by atoms with van der Waals surface area (Å²) in [5, 5.41) is 2.95. The number of rotatable bonds is 4. The summed E-state index contributed by atoms with van der Waals surface area (Å²) in [4.78, 5) is 12.3. The summed E-state index contributed by atoms with van der Waals surface area (Å²) in [7, 11) is 0. The third kappa shape index (κ3) is 3.69. The van der Waals surface area contributed by atoms with Crippen LogP contribution in [0.3, 0.4) is 0 Å². The molecule has 2 aromatic rings. The van der Waals surface area contributed by atoms with Gasteiger partial charge in [-0.05, 0) is 55.2 Å². The second kappa shape index (κ2) is 6.53.